The molecular weight excluding hydrogens is 542 g/mol. The van der Waals surface area contributed by atoms with E-state index in [0.717, 1.165) is 49.6 Å². The molecule has 0 bridgehead atoms. The number of carbonyl (C=O) groups is 2. The van der Waals surface area contributed by atoms with Gasteiger partial charge >= 0.3 is 0 Å². The van der Waals surface area contributed by atoms with E-state index in [0.29, 0.717) is 23.5 Å². The van der Waals surface area contributed by atoms with E-state index in [2.05, 4.69) is 98.4 Å². The van der Waals surface area contributed by atoms with Crippen LogP contribution in [-0.4, -0.2) is 41.9 Å². The molecule has 1 aromatic rings. The predicted octanol–water partition coefficient (Wildman–Crippen LogP) is 9.03. The molecule has 1 saturated heterocycles. The maximum Gasteiger partial charge on any atom is 0.270 e. The first-order chi connectivity index (χ1) is 20.9. The third kappa shape index (κ3) is 14.3. The lowest BCUT2D eigenvalue weighted by Gasteiger charge is -2.27. The van der Waals surface area contributed by atoms with Crippen LogP contribution in [0.1, 0.15) is 123 Å². The average molecular weight is 608 g/mol. The molecule has 1 amide bonds. The van der Waals surface area contributed by atoms with E-state index < -0.39 is 0 Å². The second-order valence-corrected chi connectivity index (χ2v) is 13.0. The number of Topliss-reactive ketones (excluding diaryl/α,β-unsaturated/α-hetero) is 1. The molecule has 248 valence electrons. The molecule has 44 heavy (non-hydrogen) atoms. The Kier molecular flexibility index (Phi) is 21.1. The van der Waals surface area contributed by atoms with Crippen LogP contribution >= 0.6 is 0 Å². The Hall–Kier alpha value is -2.87. The molecule has 2 aliphatic carbocycles. The van der Waals surface area contributed by atoms with Gasteiger partial charge in [0.25, 0.3) is 5.91 Å². The summed E-state index contributed by atoms with van der Waals surface area (Å²) in [6.07, 6.45) is 19.0. The maximum atomic E-state index is 12.7. The Morgan fingerprint density at radius 2 is 1.52 bits per heavy atom. The van der Waals surface area contributed by atoms with Gasteiger partial charge in [-0.25, -0.2) is 0 Å². The lowest BCUT2D eigenvalue weighted by molar-refractivity contribution is -0.128. The highest BCUT2D eigenvalue weighted by Gasteiger charge is 2.56. The zero-order chi connectivity index (χ0) is 33.8. The number of aryl methyl sites for hydroxylation is 2. The van der Waals surface area contributed by atoms with E-state index in [4.69, 9.17) is 5.73 Å². The summed E-state index contributed by atoms with van der Waals surface area (Å²) in [7, 11) is 0. The Bertz CT molecular complexity index is 1050. The molecule has 3 atom stereocenters. The highest BCUT2D eigenvalue weighted by atomic mass is 16.2. The maximum absolute atomic E-state index is 12.7. The van der Waals surface area contributed by atoms with Gasteiger partial charge in [-0.05, 0) is 93.7 Å². The molecule has 4 rings (SSSR count). The van der Waals surface area contributed by atoms with Crippen molar-refractivity contribution in [2.75, 3.05) is 19.6 Å². The number of nitrogens with zero attached hydrogens (tertiary/aromatic N) is 2. The van der Waals surface area contributed by atoms with Crippen LogP contribution in [0.3, 0.4) is 0 Å². The molecule has 1 aliphatic heterocycles. The van der Waals surface area contributed by atoms with Crippen molar-refractivity contribution < 1.29 is 9.59 Å². The van der Waals surface area contributed by atoms with Crippen molar-refractivity contribution in [2.24, 2.45) is 34.4 Å². The summed E-state index contributed by atoms with van der Waals surface area (Å²) in [5, 5.41) is 0. The van der Waals surface area contributed by atoms with Crippen LogP contribution in [-0.2, 0) is 9.59 Å². The monoisotopic (exact) mass is 608 g/mol. The van der Waals surface area contributed by atoms with Gasteiger partial charge in [0.1, 0.15) is 5.70 Å². The van der Waals surface area contributed by atoms with Gasteiger partial charge < -0.3 is 10.6 Å². The Morgan fingerprint density at radius 3 is 1.93 bits per heavy atom. The quantitative estimate of drug-likeness (QED) is 0.248. The molecular formula is C39H65N3O2. The topological polar surface area (TPSA) is 75.8 Å². The number of hydrogen-bond donors (Lipinski definition) is 1. The van der Waals surface area contributed by atoms with Crippen molar-refractivity contribution in [3.05, 3.63) is 46.2 Å². The summed E-state index contributed by atoms with van der Waals surface area (Å²) in [5.74, 6) is 2.43. The second-order valence-electron chi connectivity index (χ2n) is 13.0. The van der Waals surface area contributed by atoms with Crippen LogP contribution < -0.4 is 5.73 Å². The number of fused-ring (bicyclic) bond motifs is 1. The Labute approximate surface area is 271 Å². The molecule has 5 heteroatoms. The van der Waals surface area contributed by atoms with E-state index in [1.54, 1.807) is 0 Å². The normalized spacial score (nSPS) is 21.6. The molecule has 1 aromatic carbocycles. The van der Waals surface area contributed by atoms with Crippen LogP contribution in [0, 0.1) is 57.3 Å². The SMILES string of the molecule is C#C.CC(=O)CN=C1CC2C(/C1=C(/N)C(=O)N1CCCCC1)[C@@H]2C.CCCC.CCCCC(C)C.Cc1cccc(C)c1C. The number of ketones is 1. The first-order valence-corrected chi connectivity index (χ1v) is 17.1. The van der Waals surface area contributed by atoms with Crippen molar-refractivity contribution in [1.29, 1.82) is 0 Å². The number of hydrogen-bond acceptors (Lipinski definition) is 4. The van der Waals surface area contributed by atoms with Crippen LogP contribution in [0.4, 0.5) is 0 Å². The van der Waals surface area contributed by atoms with Gasteiger partial charge in [-0.3, -0.25) is 14.6 Å². The van der Waals surface area contributed by atoms with E-state index in [-0.39, 0.29) is 18.2 Å². The summed E-state index contributed by atoms with van der Waals surface area (Å²) >= 11 is 0. The van der Waals surface area contributed by atoms with Gasteiger partial charge in [-0.2, -0.15) is 0 Å². The minimum absolute atomic E-state index is 0.0371. The third-order valence-corrected chi connectivity index (χ3v) is 8.80. The number of likely N-dealkylation sites (tertiary alicyclic amines) is 1. The van der Waals surface area contributed by atoms with Crippen LogP contribution in [0.2, 0.25) is 0 Å². The van der Waals surface area contributed by atoms with E-state index >= 15 is 0 Å². The summed E-state index contributed by atoms with van der Waals surface area (Å²) in [6, 6.07) is 6.38. The van der Waals surface area contributed by atoms with Crippen molar-refractivity contribution in [3.8, 4) is 12.8 Å². The van der Waals surface area contributed by atoms with Crippen molar-refractivity contribution in [1.82, 2.24) is 4.90 Å². The standard InChI is InChI=1S/C17H25N3O2.C9H12.C7H16.C4H10.C2H2/c1-10(21)9-19-13-8-12-11(2)14(12)15(13)16(18)17(22)20-6-4-3-5-7-20;1-7-5-4-6-8(2)9(7)3;1-4-5-6-7(2)3;1-3-4-2;1-2/h11-12,14H,3-9,18H2,1-2H3;4-6H,1-3H3;7H,4-6H2,1-3H3;3-4H2,1-2H3;1-2H/b16-15+,19-13?;;;;/t11-,12?,14?;;;;/m1..../s1. The molecule has 5 nitrogen and oxygen atoms in total. The largest absolute Gasteiger partial charge is 0.394 e. The number of aliphatic imine (C=N–C) groups is 1. The number of unbranched alkanes of at least 4 members (excludes halogenated alkanes) is 2. The second kappa shape index (κ2) is 22.6. The Balaban J connectivity index is 0.000000692. The Morgan fingerprint density at radius 1 is 0.977 bits per heavy atom. The van der Waals surface area contributed by atoms with Gasteiger partial charge in [-0.15, -0.1) is 12.8 Å². The molecule has 3 aliphatic rings. The molecule has 2 N–H and O–H groups in total. The number of piperidine rings is 1. The number of benzene rings is 1. The molecule has 2 unspecified atom stereocenters. The third-order valence-electron chi connectivity index (χ3n) is 8.80. The summed E-state index contributed by atoms with van der Waals surface area (Å²) in [4.78, 5) is 30.1. The molecule has 0 aromatic heterocycles. The van der Waals surface area contributed by atoms with Crippen LogP contribution in [0.15, 0.2) is 34.5 Å². The lowest BCUT2D eigenvalue weighted by atomic mass is 10.0. The predicted molar refractivity (Wildman–Crippen MR) is 191 cm³/mol. The number of carbonyl (C=O) groups excluding carboxylic acids is 2. The van der Waals surface area contributed by atoms with E-state index in [1.165, 1.54) is 62.1 Å². The molecule has 2 saturated carbocycles. The average Bonchev–Trinajstić information content (AvgIpc) is 3.46. The van der Waals surface area contributed by atoms with Crippen molar-refractivity contribution in [3.63, 3.8) is 0 Å². The highest BCUT2D eigenvalue weighted by molar-refractivity contribution is 6.11. The van der Waals surface area contributed by atoms with Gasteiger partial charge in [0.2, 0.25) is 0 Å². The van der Waals surface area contributed by atoms with Crippen molar-refractivity contribution >= 4 is 17.4 Å². The number of nitrogens with two attached hydrogens (primary N) is 1. The number of terminal acetylenes is 1. The van der Waals surface area contributed by atoms with Crippen molar-refractivity contribution in [2.45, 2.75) is 127 Å². The van der Waals surface area contributed by atoms with Gasteiger partial charge in [-0.1, -0.05) is 91.8 Å². The summed E-state index contributed by atoms with van der Waals surface area (Å²) in [5.41, 5.74) is 12.6. The summed E-state index contributed by atoms with van der Waals surface area (Å²) in [6.45, 7) is 23.1. The zero-order valence-corrected chi connectivity index (χ0v) is 30.0. The van der Waals surface area contributed by atoms with Crippen LogP contribution in [0.25, 0.3) is 0 Å². The smallest absolute Gasteiger partial charge is 0.270 e. The first-order valence-electron chi connectivity index (χ1n) is 17.1. The number of allylic oxidation sites excluding steroid dienone is 1. The summed E-state index contributed by atoms with van der Waals surface area (Å²) < 4.78 is 0. The van der Waals surface area contributed by atoms with E-state index in [9.17, 15) is 9.59 Å². The fourth-order valence-electron chi connectivity index (χ4n) is 5.45. The number of amides is 1. The first kappa shape index (κ1) is 41.1. The van der Waals surface area contributed by atoms with Gasteiger partial charge in [0.05, 0.1) is 6.54 Å². The van der Waals surface area contributed by atoms with Gasteiger partial charge in [0, 0.05) is 24.4 Å². The molecule has 0 spiro atoms. The zero-order valence-electron chi connectivity index (χ0n) is 30.0. The fourth-order valence-corrected chi connectivity index (χ4v) is 5.45. The molecule has 0 radical (unpaired) electrons. The fraction of sp³-hybridized carbons (Fsp3) is 0.667. The molecule has 3 fully saturated rings. The van der Waals surface area contributed by atoms with Crippen LogP contribution in [0.5, 0.6) is 0 Å². The highest BCUT2D eigenvalue weighted by Crippen LogP contribution is 2.59. The minimum atomic E-state index is -0.0371. The molecule has 1 heterocycles. The van der Waals surface area contributed by atoms with Gasteiger partial charge in [0.15, 0.2) is 5.78 Å². The van der Waals surface area contributed by atoms with E-state index in [1.807, 2.05) is 4.90 Å². The minimum Gasteiger partial charge on any atom is -0.394 e. The lowest BCUT2D eigenvalue weighted by Crippen LogP contribution is -2.39. The number of rotatable bonds is 7.